The summed E-state index contributed by atoms with van der Waals surface area (Å²) >= 11 is 0. The van der Waals surface area contributed by atoms with Crippen molar-refractivity contribution in [3.8, 4) is 0 Å². The Bertz CT molecular complexity index is 219. The molecule has 2 aliphatic carbocycles. The fourth-order valence-corrected chi connectivity index (χ4v) is 5.97. The third-order valence-electron chi connectivity index (χ3n) is 4.19. The molecule has 0 saturated heterocycles. The first-order chi connectivity index (χ1) is 5.87. The van der Waals surface area contributed by atoms with Gasteiger partial charge in [0.05, 0.1) is 19.4 Å². The number of rotatable bonds is 1. The Morgan fingerprint density at radius 3 is 2.15 bits per heavy atom. The summed E-state index contributed by atoms with van der Waals surface area (Å²) in [5, 5.41) is 20.0. The van der Waals surface area contributed by atoms with Gasteiger partial charge in [-0.1, -0.05) is 19.6 Å². The van der Waals surface area contributed by atoms with Crippen molar-refractivity contribution in [3.63, 3.8) is 0 Å². The smallest absolute Gasteiger partial charge is 0.0858 e. The maximum atomic E-state index is 10.6. The van der Waals surface area contributed by atoms with Gasteiger partial charge in [0.2, 0.25) is 0 Å². The van der Waals surface area contributed by atoms with E-state index in [-0.39, 0.29) is 0 Å². The van der Waals surface area contributed by atoms with Gasteiger partial charge in [0.25, 0.3) is 0 Å². The lowest BCUT2D eigenvalue weighted by atomic mass is 9.94. The van der Waals surface area contributed by atoms with Crippen LogP contribution in [-0.4, -0.2) is 29.6 Å². The zero-order valence-corrected chi connectivity index (χ0v) is 9.75. The van der Waals surface area contributed by atoms with Crippen LogP contribution >= 0.6 is 0 Å². The van der Waals surface area contributed by atoms with E-state index in [9.17, 15) is 10.2 Å². The van der Waals surface area contributed by atoms with Crippen molar-refractivity contribution >= 4 is 8.07 Å². The molecule has 0 radical (unpaired) electrons. The second-order valence-corrected chi connectivity index (χ2v) is 11.1. The normalized spacial score (nSPS) is 50.1. The van der Waals surface area contributed by atoms with Crippen molar-refractivity contribution in [1.82, 2.24) is 0 Å². The van der Waals surface area contributed by atoms with Gasteiger partial charge in [-0.25, -0.2) is 0 Å². The molecular weight excluding hydrogens is 180 g/mol. The number of hydrogen-bond acceptors (Lipinski definition) is 2. The van der Waals surface area contributed by atoms with E-state index in [0.717, 1.165) is 19.3 Å². The fraction of sp³-hybridized carbons (Fsp3) is 1.00. The monoisotopic (exact) mass is 200 g/mol. The van der Waals surface area contributed by atoms with E-state index in [2.05, 4.69) is 19.6 Å². The molecular formula is C10H20O2Si. The third kappa shape index (κ3) is 1.07. The lowest BCUT2D eigenvalue weighted by Gasteiger charge is -2.45. The minimum Gasteiger partial charge on any atom is -0.390 e. The van der Waals surface area contributed by atoms with Gasteiger partial charge in [-0.3, -0.25) is 0 Å². The standard InChI is InChI=1S/C10H20O2Si/c1-13(2,3)10(12)8-5-4-7(6-8)9(10)11/h7-9,11-12H,4-6H2,1-3H3/t7-,8+,9+,10+/m0/s1. The minimum atomic E-state index is -1.66. The Balaban J connectivity index is 2.33. The quantitative estimate of drug-likeness (QED) is 0.628. The van der Waals surface area contributed by atoms with Crippen molar-refractivity contribution in [2.24, 2.45) is 11.8 Å². The highest BCUT2D eigenvalue weighted by Crippen LogP contribution is 2.54. The number of hydrogen-bond donors (Lipinski definition) is 2. The highest BCUT2D eigenvalue weighted by atomic mass is 28.3. The molecule has 0 unspecified atom stereocenters. The van der Waals surface area contributed by atoms with Crippen molar-refractivity contribution < 1.29 is 10.2 Å². The molecule has 2 rings (SSSR count). The number of fused-ring (bicyclic) bond motifs is 2. The maximum absolute atomic E-state index is 10.6. The van der Waals surface area contributed by atoms with Crippen LogP contribution in [-0.2, 0) is 0 Å². The van der Waals surface area contributed by atoms with Crippen LogP contribution < -0.4 is 0 Å². The molecule has 4 atom stereocenters. The van der Waals surface area contributed by atoms with Crippen LogP contribution in [0.5, 0.6) is 0 Å². The Morgan fingerprint density at radius 2 is 1.85 bits per heavy atom. The molecule has 2 bridgehead atoms. The van der Waals surface area contributed by atoms with Crippen LogP contribution in [0.15, 0.2) is 0 Å². The van der Waals surface area contributed by atoms with E-state index >= 15 is 0 Å². The molecule has 2 aliphatic rings. The average Bonchev–Trinajstić information content (AvgIpc) is 2.53. The molecule has 3 heteroatoms. The lowest BCUT2D eigenvalue weighted by molar-refractivity contribution is -0.0562. The number of aliphatic hydroxyl groups is 2. The molecule has 2 N–H and O–H groups in total. The van der Waals surface area contributed by atoms with Crippen molar-refractivity contribution in [1.29, 1.82) is 0 Å². The third-order valence-corrected chi connectivity index (χ3v) is 7.30. The second-order valence-electron chi connectivity index (χ2n) is 5.79. The van der Waals surface area contributed by atoms with Gasteiger partial charge in [-0.2, -0.15) is 0 Å². The zero-order valence-electron chi connectivity index (χ0n) is 8.75. The Morgan fingerprint density at radius 1 is 1.23 bits per heavy atom. The largest absolute Gasteiger partial charge is 0.390 e. The summed E-state index contributed by atoms with van der Waals surface area (Å²) < 4.78 is 0. The molecule has 13 heavy (non-hydrogen) atoms. The molecule has 0 heterocycles. The minimum absolute atomic E-state index is 0.388. The van der Waals surface area contributed by atoms with E-state index in [4.69, 9.17) is 0 Å². The van der Waals surface area contributed by atoms with Gasteiger partial charge in [-0.05, 0) is 31.1 Å². The molecule has 0 aromatic carbocycles. The first kappa shape index (κ1) is 9.68. The van der Waals surface area contributed by atoms with Crippen LogP contribution in [0.25, 0.3) is 0 Å². The average molecular weight is 200 g/mol. The van der Waals surface area contributed by atoms with Gasteiger partial charge in [0.1, 0.15) is 0 Å². The topological polar surface area (TPSA) is 40.5 Å². The van der Waals surface area contributed by atoms with Gasteiger partial charge < -0.3 is 10.2 Å². The van der Waals surface area contributed by atoms with Gasteiger partial charge >= 0.3 is 0 Å². The Labute approximate surface area is 81.0 Å². The molecule has 0 aromatic rings. The highest BCUT2D eigenvalue weighted by molar-refractivity contribution is 6.79. The van der Waals surface area contributed by atoms with Gasteiger partial charge in [0, 0.05) is 0 Å². The van der Waals surface area contributed by atoms with E-state index in [0.29, 0.717) is 11.8 Å². The lowest BCUT2D eigenvalue weighted by Crippen LogP contribution is -2.63. The first-order valence-electron chi connectivity index (χ1n) is 5.28. The van der Waals surface area contributed by atoms with Crippen LogP contribution in [0.2, 0.25) is 19.6 Å². The fourth-order valence-electron chi connectivity index (χ4n) is 3.36. The Kier molecular flexibility index (Phi) is 1.92. The molecule has 0 spiro atoms. The second kappa shape index (κ2) is 2.58. The summed E-state index contributed by atoms with van der Waals surface area (Å²) in [5.74, 6) is 0.779. The predicted octanol–water partition coefficient (Wildman–Crippen LogP) is 1.39. The Hall–Kier alpha value is 0.137. The van der Waals surface area contributed by atoms with Crippen LogP contribution in [0.1, 0.15) is 19.3 Å². The summed E-state index contributed by atoms with van der Waals surface area (Å²) in [6, 6.07) is 0. The molecule has 2 nitrogen and oxygen atoms in total. The molecule has 2 fully saturated rings. The molecule has 0 aromatic heterocycles. The molecule has 2 saturated carbocycles. The van der Waals surface area contributed by atoms with E-state index < -0.39 is 19.4 Å². The van der Waals surface area contributed by atoms with Gasteiger partial charge in [-0.15, -0.1) is 0 Å². The zero-order chi connectivity index (χ0) is 9.85. The van der Waals surface area contributed by atoms with Crippen molar-refractivity contribution in [3.05, 3.63) is 0 Å². The van der Waals surface area contributed by atoms with Crippen LogP contribution in [0.3, 0.4) is 0 Å². The van der Waals surface area contributed by atoms with Gasteiger partial charge in [0.15, 0.2) is 0 Å². The van der Waals surface area contributed by atoms with Crippen LogP contribution in [0, 0.1) is 11.8 Å². The van der Waals surface area contributed by atoms with E-state index in [1.54, 1.807) is 0 Å². The summed E-state index contributed by atoms with van der Waals surface area (Å²) in [5.41, 5.74) is 0. The summed E-state index contributed by atoms with van der Waals surface area (Å²) in [6.07, 6.45) is 2.88. The predicted molar refractivity (Wildman–Crippen MR) is 55.1 cm³/mol. The van der Waals surface area contributed by atoms with Crippen molar-refractivity contribution in [2.45, 2.75) is 50.2 Å². The molecule has 0 aliphatic heterocycles. The van der Waals surface area contributed by atoms with E-state index in [1.807, 2.05) is 0 Å². The molecule has 76 valence electrons. The molecule has 0 amide bonds. The first-order valence-corrected chi connectivity index (χ1v) is 8.78. The highest BCUT2D eigenvalue weighted by Gasteiger charge is 2.62. The SMILES string of the molecule is C[Si](C)(C)[C@]1(O)[C@@H]2CC[C@@H](C2)[C@H]1O. The number of aliphatic hydroxyl groups excluding tert-OH is 1. The summed E-state index contributed by atoms with van der Waals surface area (Å²) in [6.45, 7) is 6.49. The van der Waals surface area contributed by atoms with Crippen LogP contribution in [0.4, 0.5) is 0 Å². The summed E-state index contributed by atoms with van der Waals surface area (Å²) in [7, 11) is -1.66. The summed E-state index contributed by atoms with van der Waals surface area (Å²) in [4.78, 5) is 0. The van der Waals surface area contributed by atoms with E-state index in [1.165, 1.54) is 0 Å². The van der Waals surface area contributed by atoms with Crippen molar-refractivity contribution in [2.75, 3.05) is 0 Å². The maximum Gasteiger partial charge on any atom is 0.0858 e.